The maximum Gasteiger partial charge on any atom is 0.340 e. The summed E-state index contributed by atoms with van der Waals surface area (Å²) in [7, 11) is -7.71. The number of aliphatic hydroxyl groups is 1. The average molecular weight is 591 g/mol. The number of anilines is 2. The summed E-state index contributed by atoms with van der Waals surface area (Å²) in [5.41, 5.74) is 9.93. The van der Waals surface area contributed by atoms with Crippen LogP contribution in [0.5, 0.6) is 0 Å². The summed E-state index contributed by atoms with van der Waals surface area (Å²) in [6, 6.07) is 10.1. The fraction of sp³-hybridized carbons (Fsp3) is 0.130. The highest BCUT2D eigenvalue weighted by Gasteiger charge is 2.23. The molecule has 15 nitrogen and oxygen atoms in total. The first-order chi connectivity index (χ1) is 18.8. The summed E-state index contributed by atoms with van der Waals surface area (Å²) in [6.07, 6.45) is 0.372. The molecule has 0 aliphatic carbocycles. The quantitative estimate of drug-likeness (QED) is 0.0875. The van der Waals surface area contributed by atoms with Gasteiger partial charge in [-0.15, -0.1) is 20.5 Å². The Morgan fingerprint density at radius 1 is 0.925 bits per heavy atom. The van der Waals surface area contributed by atoms with Gasteiger partial charge in [0.2, 0.25) is 0 Å². The van der Waals surface area contributed by atoms with Crippen molar-refractivity contribution in [2.24, 2.45) is 20.5 Å². The Morgan fingerprint density at radius 3 is 2.20 bits per heavy atom. The van der Waals surface area contributed by atoms with Gasteiger partial charge in [-0.25, -0.2) is 13.2 Å². The number of aldehydes is 1. The van der Waals surface area contributed by atoms with Gasteiger partial charge in [-0.1, -0.05) is 12.1 Å². The second kappa shape index (κ2) is 12.1. The van der Waals surface area contributed by atoms with Crippen LogP contribution in [0.4, 0.5) is 34.1 Å². The number of benzene rings is 3. The van der Waals surface area contributed by atoms with Gasteiger partial charge < -0.3 is 21.3 Å². The molecule has 0 heterocycles. The number of azo groups is 2. The van der Waals surface area contributed by atoms with E-state index in [1.54, 1.807) is 12.1 Å². The molecular weight excluding hydrogens is 568 g/mol. The van der Waals surface area contributed by atoms with Crippen molar-refractivity contribution < 1.29 is 40.8 Å². The van der Waals surface area contributed by atoms with Crippen LogP contribution in [0.1, 0.15) is 20.7 Å². The third kappa shape index (κ3) is 6.52. The molecule has 0 aliphatic rings. The van der Waals surface area contributed by atoms with Crippen molar-refractivity contribution in [3.8, 4) is 0 Å². The Bertz CT molecular complexity index is 1750. The van der Waals surface area contributed by atoms with Gasteiger partial charge in [0.05, 0.1) is 47.0 Å². The largest absolute Gasteiger partial charge is 0.465 e. The lowest BCUT2D eigenvalue weighted by Crippen LogP contribution is -2.10. The van der Waals surface area contributed by atoms with Crippen molar-refractivity contribution >= 4 is 66.3 Å². The first-order valence-electron chi connectivity index (χ1n) is 11.0. The molecule has 210 valence electrons. The zero-order valence-corrected chi connectivity index (χ0v) is 22.3. The minimum absolute atomic E-state index is 0.0371. The molecule has 0 amide bonds. The van der Waals surface area contributed by atoms with Crippen LogP contribution in [0, 0.1) is 0 Å². The number of nitrogens with two attached hydrogens (primary N) is 2. The maximum atomic E-state index is 12.3. The smallest absolute Gasteiger partial charge is 0.340 e. The molecule has 0 saturated carbocycles. The number of ether oxygens (including phenoxy) is 1. The van der Waals surface area contributed by atoms with Gasteiger partial charge in [0.15, 0.2) is 16.1 Å². The number of hydrogen-bond donors (Lipinski definition) is 4. The molecule has 6 N–H and O–H groups in total. The third-order valence-corrected chi connectivity index (χ3v) is 7.86. The maximum absolute atomic E-state index is 12.3. The first kappa shape index (κ1) is 30.0. The van der Waals surface area contributed by atoms with E-state index in [2.05, 4.69) is 20.5 Å². The fourth-order valence-corrected chi connectivity index (χ4v) is 4.94. The molecule has 0 atom stereocenters. The Labute approximate surface area is 227 Å². The van der Waals surface area contributed by atoms with Crippen molar-refractivity contribution in [3.63, 3.8) is 0 Å². The molecule has 40 heavy (non-hydrogen) atoms. The summed E-state index contributed by atoms with van der Waals surface area (Å²) in [5.74, 6) is -1.31. The number of esters is 1. The average Bonchev–Trinajstić information content (AvgIpc) is 2.91. The minimum Gasteiger partial charge on any atom is -0.465 e. The van der Waals surface area contributed by atoms with E-state index in [0.717, 1.165) is 31.4 Å². The van der Waals surface area contributed by atoms with Gasteiger partial charge in [0, 0.05) is 5.56 Å². The molecule has 3 aromatic rings. The fourth-order valence-electron chi connectivity index (χ4n) is 3.26. The predicted octanol–water partition coefficient (Wildman–Crippen LogP) is 3.29. The van der Waals surface area contributed by atoms with Crippen molar-refractivity contribution in [2.75, 3.05) is 30.9 Å². The molecule has 0 aromatic heterocycles. The Kier molecular flexibility index (Phi) is 9.05. The van der Waals surface area contributed by atoms with E-state index in [0.29, 0.717) is 6.29 Å². The Balaban J connectivity index is 2.19. The predicted molar refractivity (Wildman–Crippen MR) is 142 cm³/mol. The lowest BCUT2D eigenvalue weighted by Gasteiger charge is -2.11. The number of aliphatic hydroxyl groups excluding tert-OH is 1. The van der Waals surface area contributed by atoms with Crippen molar-refractivity contribution in [1.82, 2.24) is 0 Å². The monoisotopic (exact) mass is 590 g/mol. The van der Waals surface area contributed by atoms with E-state index in [1.807, 2.05) is 0 Å². The van der Waals surface area contributed by atoms with Crippen LogP contribution in [-0.4, -0.2) is 58.2 Å². The van der Waals surface area contributed by atoms with Gasteiger partial charge in [-0.2, -0.15) is 8.42 Å². The summed E-state index contributed by atoms with van der Waals surface area (Å²) >= 11 is 0. The van der Waals surface area contributed by atoms with E-state index in [4.69, 9.17) is 21.3 Å². The normalized spacial score (nSPS) is 12.2. The van der Waals surface area contributed by atoms with Gasteiger partial charge in [0.25, 0.3) is 10.1 Å². The molecule has 0 fully saturated rings. The number of nitrogen functional groups attached to an aromatic ring is 2. The Hall–Kier alpha value is -4.58. The van der Waals surface area contributed by atoms with E-state index >= 15 is 0 Å². The van der Waals surface area contributed by atoms with Crippen LogP contribution >= 0.6 is 0 Å². The topological polar surface area (TPSA) is 254 Å². The molecule has 3 rings (SSSR count). The molecule has 17 heteroatoms. The summed E-state index contributed by atoms with van der Waals surface area (Å²) in [6.45, 7) is -0.647. The van der Waals surface area contributed by atoms with E-state index < -0.39 is 54.6 Å². The third-order valence-electron chi connectivity index (χ3n) is 5.28. The molecule has 0 aliphatic heterocycles. The van der Waals surface area contributed by atoms with Crippen LogP contribution in [-0.2, 0) is 24.7 Å². The SMILES string of the molecule is COC(=O)c1ccccc1/N=N/c1cc(S(=O)(=O)O)c(N)c(/N=N/c2cc(S(=O)(=O)CCO)ccc2C=O)c1N. The van der Waals surface area contributed by atoms with Gasteiger partial charge in [0.1, 0.15) is 22.0 Å². The van der Waals surface area contributed by atoms with E-state index in [1.165, 1.54) is 12.1 Å². The number of sulfone groups is 1. The molecule has 3 aromatic carbocycles. The standard InChI is InChI=1S/C23H22N6O9S2/c1-38-23(32)15-4-2-3-5-16(15)26-28-18-11-19(40(35,36)37)21(25)22(20(18)24)29-27-17-10-14(7-6-13(17)12-31)39(33,34)9-8-30/h2-7,10-12,30H,8-9,24-25H2,1H3,(H,35,36,37)/b28-26+,29-27+. The summed E-state index contributed by atoms with van der Waals surface area (Å²) in [5, 5.41) is 24.5. The summed E-state index contributed by atoms with van der Waals surface area (Å²) in [4.78, 5) is 22.4. The highest BCUT2D eigenvalue weighted by molar-refractivity contribution is 7.91. The number of nitrogens with zero attached hydrogens (tertiary/aromatic N) is 4. The lowest BCUT2D eigenvalue weighted by atomic mass is 10.2. The van der Waals surface area contributed by atoms with Gasteiger partial charge >= 0.3 is 5.97 Å². The van der Waals surface area contributed by atoms with Crippen LogP contribution in [0.25, 0.3) is 0 Å². The molecule has 0 saturated heterocycles. The van der Waals surface area contributed by atoms with Crippen molar-refractivity contribution in [2.45, 2.75) is 9.79 Å². The van der Waals surface area contributed by atoms with E-state index in [9.17, 15) is 31.0 Å². The number of carbonyl (C=O) groups is 2. The van der Waals surface area contributed by atoms with Crippen molar-refractivity contribution in [3.05, 3.63) is 59.7 Å². The second-order valence-corrected chi connectivity index (χ2v) is 11.3. The zero-order valence-electron chi connectivity index (χ0n) is 20.6. The van der Waals surface area contributed by atoms with Crippen molar-refractivity contribution in [1.29, 1.82) is 0 Å². The second-order valence-electron chi connectivity index (χ2n) is 7.83. The minimum atomic E-state index is -4.95. The molecule has 0 radical (unpaired) electrons. The molecule has 0 unspecified atom stereocenters. The number of hydrogen-bond acceptors (Lipinski definition) is 14. The summed E-state index contributed by atoms with van der Waals surface area (Å²) < 4.78 is 63.1. The molecule has 0 spiro atoms. The highest BCUT2D eigenvalue weighted by atomic mass is 32.2. The number of rotatable bonds is 10. The first-order valence-corrected chi connectivity index (χ1v) is 14.1. The van der Waals surface area contributed by atoms with E-state index in [-0.39, 0.29) is 38.8 Å². The number of methoxy groups -OCH3 is 1. The Morgan fingerprint density at radius 2 is 1.57 bits per heavy atom. The lowest BCUT2D eigenvalue weighted by molar-refractivity contribution is 0.0601. The van der Waals surface area contributed by atoms with Crippen LogP contribution in [0.15, 0.2) is 78.8 Å². The number of carbonyl (C=O) groups excluding carboxylic acids is 2. The molecule has 0 bridgehead atoms. The van der Waals surface area contributed by atoms with Gasteiger partial charge in [-0.3, -0.25) is 9.35 Å². The zero-order chi connectivity index (χ0) is 29.7. The molecular formula is C23H22N6O9S2. The van der Waals surface area contributed by atoms with Crippen LogP contribution < -0.4 is 11.5 Å². The highest BCUT2D eigenvalue weighted by Crippen LogP contribution is 2.43. The van der Waals surface area contributed by atoms with Crippen LogP contribution in [0.3, 0.4) is 0 Å². The van der Waals surface area contributed by atoms with Gasteiger partial charge in [-0.05, 0) is 36.4 Å². The van der Waals surface area contributed by atoms with Crippen LogP contribution in [0.2, 0.25) is 0 Å².